The zero-order valence-corrected chi connectivity index (χ0v) is 18.3. The largest absolute Gasteiger partial charge is 0.388 e. The normalized spacial score (nSPS) is 11.0. The van der Waals surface area contributed by atoms with Crippen LogP contribution in [0.25, 0.3) is 11.3 Å². The second-order valence-corrected chi connectivity index (χ2v) is 8.76. The summed E-state index contributed by atoms with van der Waals surface area (Å²) in [4.78, 5) is 21.6. The summed E-state index contributed by atoms with van der Waals surface area (Å²) in [6.07, 6.45) is 1.40. The van der Waals surface area contributed by atoms with Crippen molar-refractivity contribution in [2.45, 2.75) is 30.5 Å². The molecular formula is C22H24FN6OS+. The van der Waals surface area contributed by atoms with Gasteiger partial charge in [0.2, 0.25) is 5.69 Å². The van der Waals surface area contributed by atoms with Crippen LogP contribution in [0.2, 0.25) is 0 Å². The van der Waals surface area contributed by atoms with Crippen molar-refractivity contribution in [3.05, 3.63) is 70.6 Å². The highest BCUT2D eigenvalue weighted by molar-refractivity contribution is 7.99. The van der Waals surface area contributed by atoms with E-state index in [1.165, 1.54) is 24.0 Å². The van der Waals surface area contributed by atoms with Gasteiger partial charge in [-0.2, -0.15) is 0 Å². The molecule has 0 unspecified atom stereocenters. The molecule has 0 saturated heterocycles. The lowest BCUT2D eigenvalue weighted by atomic mass is 10.1. The van der Waals surface area contributed by atoms with Gasteiger partial charge in [-0.25, -0.2) is 14.4 Å². The monoisotopic (exact) mass is 439 g/mol. The molecule has 160 valence electrons. The van der Waals surface area contributed by atoms with E-state index < -0.39 is 5.84 Å². The van der Waals surface area contributed by atoms with Gasteiger partial charge in [-0.05, 0) is 36.9 Å². The number of nitrogens with one attached hydrogen (secondary N) is 2. The molecule has 9 heteroatoms. The second-order valence-electron chi connectivity index (χ2n) is 7.14. The topological polar surface area (TPSA) is 108 Å². The first kappa shape index (κ1) is 22.5. The summed E-state index contributed by atoms with van der Waals surface area (Å²) >= 11 is 1.43. The molecule has 1 aromatic heterocycles. The van der Waals surface area contributed by atoms with Crippen LogP contribution in [0, 0.1) is 16.1 Å². The third-order valence-electron chi connectivity index (χ3n) is 4.37. The molecular weight excluding hydrogens is 415 g/mol. The number of hydrogen-bond donors (Lipinski definition) is 3. The van der Waals surface area contributed by atoms with Crippen molar-refractivity contribution in [3.63, 3.8) is 0 Å². The van der Waals surface area contributed by atoms with Crippen molar-refractivity contribution in [2.24, 2.45) is 0 Å². The van der Waals surface area contributed by atoms with Gasteiger partial charge in [0, 0.05) is 27.0 Å². The van der Waals surface area contributed by atoms with Crippen LogP contribution in [0.5, 0.6) is 0 Å². The number of anilines is 1. The number of nitrogens with two attached hydrogens (primary N) is 1. The van der Waals surface area contributed by atoms with E-state index in [2.05, 4.69) is 15.3 Å². The number of benzene rings is 2. The fourth-order valence-corrected chi connectivity index (χ4v) is 3.73. The van der Waals surface area contributed by atoms with Crippen LogP contribution in [-0.4, -0.2) is 32.9 Å². The number of thioether (sulfide) groups is 1. The fraction of sp³-hybridized carbons (Fsp3) is 0.227. The maximum Gasteiger partial charge on any atom is 0.388 e. The minimum Gasteiger partial charge on any atom is -0.382 e. The van der Waals surface area contributed by atoms with Crippen LogP contribution in [0.1, 0.15) is 25.1 Å². The first-order chi connectivity index (χ1) is 14.8. The fourth-order valence-electron chi connectivity index (χ4n) is 2.90. The molecule has 0 spiro atoms. The van der Waals surface area contributed by atoms with Gasteiger partial charge in [0.1, 0.15) is 5.82 Å². The zero-order chi connectivity index (χ0) is 22.5. The van der Waals surface area contributed by atoms with Crippen LogP contribution in [0.4, 0.5) is 15.9 Å². The molecule has 7 nitrogen and oxygen atoms in total. The molecule has 0 fully saturated rings. The SMILES string of the molecule is CNCc1ccc([N+](=O)C(=N)c2nc(-c3ccc(SC(C)C)c(F)c3)cnc2N)cc1. The first-order valence-corrected chi connectivity index (χ1v) is 10.6. The Hall–Kier alpha value is -3.17. The third-order valence-corrected chi connectivity index (χ3v) is 5.43. The molecule has 0 aliphatic heterocycles. The molecule has 0 bridgehead atoms. The van der Waals surface area contributed by atoms with Crippen LogP contribution < -0.4 is 11.1 Å². The standard InChI is InChI=1S/C22H24FN6OS/c1-13(2)31-19-9-6-15(10-17(19)23)18-12-27-21(24)20(28-18)22(25)29(30)16-7-4-14(5-8-16)11-26-3/h4-10,12-13,25-26H,11H2,1-3H3,(H2,24,27)/q+1. The van der Waals surface area contributed by atoms with Gasteiger partial charge in [-0.15, -0.1) is 11.8 Å². The number of aromatic nitrogens is 2. The minimum absolute atomic E-state index is 0.0474. The number of rotatable bonds is 7. The summed E-state index contributed by atoms with van der Waals surface area (Å²) in [6.45, 7) is 4.65. The molecule has 1 heterocycles. The van der Waals surface area contributed by atoms with Gasteiger partial charge in [-0.3, -0.25) is 0 Å². The summed E-state index contributed by atoms with van der Waals surface area (Å²) in [5.74, 6) is -0.854. The molecule has 0 amide bonds. The van der Waals surface area contributed by atoms with Crippen molar-refractivity contribution in [1.29, 1.82) is 5.41 Å². The Labute approximate surface area is 184 Å². The van der Waals surface area contributed by atoms with Gasteiger partial charge < -0.3 is 11.1 Å². The molecule has 3 rings (SSSR count). The smallest absolute Gasteiger partial charge is 0.382 e. The molecule has 31 heavy (non-hydrogen) atoms. The highest BCUT2D eigenvalue weighted by Gasteiger charge is 2.26. The summed E-state index contributed by atoms with van der Waals surface area (Å²) in [5.41, 5.74) is 7.93. The molecule has 2 aromatic carbocycles. The Morgan fingerprint density at radius 2 is 1.97 bits per heavy atom. The average Bonchev–Trinajstić information content (AvgIpc) is 2.75. The van der Waals surface area contributed by atoms with Gasteiger partial charge >= 0.3 is 5.84 Å². The van der Waals surface area contributed by atoms with Crippen molar-refractivity contribution in [1.82, 2.24) is 15.3 Å². The van der Waals surface area contributed by atoms with Crippen molar-refractivity contribution < 1.29 is 9.15 Å². The van der Waals surface area contributed by atoms with E-state index in [9.17, 15) is 9.30 Å². The lowest BCUT2D eigenvalue weighted by molar-refractivity contribution is -0.331. The van der Waals surface area contributed by atoms with E-state index in [0.717, 1.165) is 5.56 Å². The van der Waals surface area contributed by atoms with Gasteiger partial charge in [0.15, 0.2) is 11.5 Å². The maximum absolute atomic E-state index is 14.5. The van der Waals surface area contributed by atoms with Crippen LogP contribution in [-0.2, 0) is 6.54 Å². The lowest BCUT2D eigenvalue weighted by Crippen LogP contribution is -2.18. The summed E-state index contributed by atoms with van der Waals surface area (Å²) < 4.78 is 14.9. The molecule has 0 aliphatic rings. The molecule has 0 atom stereocenters. The molecule has 0 aliphatic carbocycles. The second kappa shape index (κ2) is 9.76. The number of halogens is 1. The van der Waals surface area contributed by atoms with E-state index in [-0.39, 0.29) is 28.3 Å². The highest BCUT2D eigenvalue weighted by atomic mass is 32.2. The number of amidine groups is 1. The number of nitrogen functional groups attached to an aromatic ring is 1. The molecule has 4 N–H and O–H groups in total. The van der Waals surface area contributed by atoms with Gasteiger partial charge in [-0.1, -0.05) is 42.4 Å². The summed E-state index contributed by atoms with van der Waals surface area (Å²) in [6, 6.07) is 11.6. The number of nitroso groups, excluding NO2 is 1. The molecule has 0 radical (unpaired) electrons. The molecule has 0 saturated carbocycles. The van der Waals surface area contributed by atoms with E-state index >= 15 is 0 Å². The van der Waals surface area contributed by atoms with Crippen LogP contribution >= 0.6 is 11.8 Å². The average molecular weight is 440 g/mol. The van der Waals surface area contributed by atoms with Crippen molar-refractivity contribution in [2.75, 3.05) is 12.8 Å². The van der Waals surface area contributed by atoms with E-state index in [1.807, 2.05) is 20.9 Å². The van der Waals surface area contributed by atoms with Gasteiger partial charge in [0.25, 0.3) is 0 Å². The predicted octanol–water partition coefficient (Wildman–Crippen LogP) is 4.52. The Kier molecular flexibility index (Phi) is 7.09. The predicted molar refractivity (Wildman–Crippen MR) is 122 cm³/mol. The van der Waals surface area contributed by atoms with Crippen LogP contribution in [0.15, 0.2) is 53.6 Å². The van der Waals surface area contributed by atoms with Gasteiger partial charge in [0.05, 0.1) is 11.9 Å². The molecule has 3 aromatic rings. The number of nitrogens with zero attached hydrogens (tertiary/aromatic N) is 3. The van der Waals surface area contributed by atoms with Crippen LogP contribution in [0.3, 0.4) is 0 Å². The first-order valence-electron chi connectivity index (χ1n) is 9.69. The maximum atomic E-state index is 14.5. The highest BCUT2D eigenvalue weighted by Crippen LogP contribution is 2.29. The Balaban J connectivity index is 1.89. The summed E-state index contributed by atoms with van der Waals surface area (Å²) in [5, 5.41) is 11.6. The lowest BCUT2D eigenvalue weighted by Gasteiger charge is -2.09. The Morgan fingerprint density at radius 1 is 1.26 bits per heavy atom. The van der Waals surface area contributed by atoms with E-state index in [4.69, 9.17) is 11.1 Å². The zero-order valence-electron chi connectivity index (χ0n) is 17.5. The minimum atomic E-state index is -0.444. The third kappa shape index (κ3) is 5.31. The van der Waals surface area contributed by atoms with Crippen molar-refractivity contribution in [3.8, 4) is 11.3 Å². The number of hydrogen-bond acceptors (Lipinski definition) is 7. The Morgan fingerprint density at radius 3 is 2.58 bits per heavy atom. The Bertz CT molecular complexity index is 1120. The quantitative estimate of drug-likeness (QED) is 0.216. The summed E-state index contributed by atoms with van der Waals surface area (Å²) in [7, 11) is 1.83. The van der Waals surface area contributed by atoms with Crippen molar-refractivity contribution >= 4 is 29.1 Å². The van der Waals surface area contributed by atoms with E-state index in [1.54, 1.807) is 36.4 Å². The van der Waals surface area contributed by atoms with E-state index in [0.29, 0.717) is 27.5 Å².